The molecule has 2 aliphatic rings. The fourth-order valence-corrected chi connectivity index (χ4v) is 4.38. The first-order valence-electron chi connectivity index (χ1n) is 11.1. The molecule has 4 rings (SSSR count). The van der Waals surface area contributed by atoms with Gasteiger partial charge in [0.2, 0.25) is 0 Å². The van der Waals surface area contributed by atoms with Gasteiger partial charge in [-0.15, -0.1) is 0 Å². The molecule has 6 heteroatoms. The van der Waals surface area contributed by atoms with Crippen LogP contribution in [0.5, 0.6) is 5.75 Å². The molecule has 2 heterocycles. The number of phenols is 1. The molecule has 2 aliphatic heterocycles. The summed E-state index contributed by atoms with van der Waals surface area (Å²) in [5, 5.41) is 13.8. The number of nitrogens with zero attached hydrogens (tertiary/aromatic N) is 3. The third kappa shape index (κ3) is 4.87. The molecule has 160 valence electrons. The minimum atomic E-state index is -0.0632. The molecule has 0 saturated carbocycles. The maximum Gasteiger partial charge on any atom is 0.259 e. The summed E-state index contributed by atoms with van der Waals surface area (Å²) in [6.07, 6.45) is 3.25. The lowest BCUT2D eigenvalue weighted by atomic mass is 10.1. The number of anilines is 2. The lowest BCUT2D eigenvalue weighted by Crippen LogP contribution is -2.47. The van der Waals surface area contributed by atoms with Crippen molar-refractivity contribution in [3.8, 4) is 5.75 Å². The summed E-state index contributed by atoms with van der Waals surface area (Å²) >= 11 is 0. The maximum absolute atomic E-state index is 13.0. The van der Waals surface area contributed by atoms with Gasteiger partial charge in [-0.3, -0.25) is 9.69 Å². The van der Waals surface area contributed by atoms with E-state index < -0.39 is 0 Å². The van der Waals surface area contributed by atoms with E-state index in [0.29, 0.717) is 5.56 Å². The third-order valence-electron chi connectivity index (χ3n) is 6.14. The minimum absolute atomic E-state index is 0.0621. The molecule has 2 fully saturated rings. The van der Waals surface area contributed by atoms with Gasteiger partial charge in [0, 0.05) is 58.0 Å². The van der Waals surface area contributed by atoms with Crippen LogP contribution in [0.2, 0.25) is 0 Å². The number of piperidine rings is 1. The number of hydrogen-bond acceptors (Lipinski definition) is 5. The standard InChI is InChI=1S/C24H32N4O2/c29-22-11-7-10-21(23(22)24(30)28-13-5-2-6-14-28)25-12-15-26-16-18-27(19-17-26)20-8-3-1-4-9-20/h1,3-4,7-11,25,29H,2,5-6,12-19H2. The van der Waals surface area contributed by atoms with Crippen molar-refractivity contribution < 1.29 is 9.90 Å². The number of nitrogens with one attached hydrogen (secondary N) is 1. The Labute approximate surface area is 179 Å². The van der Waals surface area contributed by atoms with E-state index in [-0.39, 0.29) is 11.7 Å². The van der Waals surface area contributed by atoms with Gasteiger partial charge >= 0.3 is 0 Å². The first kappa shape index (κ1) is 20.5. The van der Waals surface area contributed by atoms with Gasteiger partial charge in [0.05, 0.1) is 5.69 Å². The Morgan fingerprint density at radius 3 is 2.33 bits per heavy atom. The van der Waals surface area contributed by atoms with Gasteiger partial charge < -0.3 is 20.2 Å². The number of phenolic OH excluding ortho intramolecular Hbond substituents is 1. The lowest BCUT2D eigenvalue weighted by molar-refractivity contribution is 0.0722. The van der Waals surface area contributed by atoms with E-state index in [4.69, 9.17) is 0 Å². The van der Waals surface area contributed by atoms with E-state index in [1.807, 2.05) is 11.0 Å². The van der Waals surface area contributed by atoms with Gasteiger partial charge in [0.1, 0.15) is 11.3 Å². The van der Waals surface area contributed by atoms with E-state index in [2.05, 4.69) is 45.4 Å². The third-order valence-corrected chi connectivity index (χ3v) is 6.14. The Morgan fingerprint density at radius 1 is 0.867 bits per heavy atom. The molecule has 0 radical (unpaired) electrons. The van der Waals surface area contributed by atoms with E-state index in [9.17, 15) is 9.90 Å². The number of para-hydroxylation sites is 1. The molecule has 0 unspecified atom stereocenters. The van der Waals surface area contributed by atoms with Crippen LogP contribution in [0.15, 0.2) is 48.5 Å². The maximum atomic E-state index is 13.0. The van der Waals surface area contributed by atoms with E-state index >= 15 is 0 Å². The minimum Gasteiger partial charge on any atom is -0.507 e. The predicted octanol–water partition coefficient (Wildman–Crippen LogP) is 3.25. The molecule has 0 aliphatic carbocycles. The second-order valence-corrected chi connectivity index (χ2v) is 8.14. The molecular formula is C24H32N4O2. The average Bonchev–Trinajstić information content (AvgIpc) is 2.80. The molecule has 2 aromatic carbocycles. The number of carbonyl (C=O) groups is 1. The summed E-state index contributed by atoms with van der Waals surface area (Å²) in [7, 11) is 0. The fourth-order valence-electron chi connectivity index (χ4n) is 4.38. The first-order valence-corrected chi connectivity index (χ1v) is 11.1. The van der Waals surface area contributed by atoms with Crippen LogP contribution < -0.4 is 10.2 Å². The Hall–Kier alpha value is -2.73. The number of carbonyl (C=O) groups excluding carboxylic acids is 1. The van der Waals surface area contributed by atoms with Gasteiger partial charge in [-0.1, -0.05) is 24.3 Å². The highest BCUT2D eigenvalue weighted by atomic mass is 16.3. The summed E-state index contributed by atoms with van der Waals surface area (Å²) in [6.45, 7) is 7.30. The van der Waals surface area contributed by atoms with Crippen LogP contribution in [0.4, 0.5) is 11.4 Å². The summed E-state index contributed by atoms with van der Waals surface area (Å²) in [5.74, 6) is -0.00109. The SMILES string of the molecule is O=C(c1c(O)cccc1NCCN1CCN(c2ccccc2)CC1)N1CCCCC1. The molecule has 30 heavy (non-hydrogen) atoms. The van der Waals surface area contributed by atoms with Gasteiger partial charge in [0.15, 0.2) is 0 Å². The van der Waals surface area contributed by atoms with Crippen molar-refractivity contribution >= 4 is 17.3 Å². The molecule has 2 saturated heterocycles. The quantitative estimate of drug-likeness (QED) is 0.768. The molecule has 1 amide bonds. The van der Waals surface area contributed by atoms with Gasteiger partial charge in [0.25, 0.3) is 5.91 Å². The van der Waals surface area contributed by atoms with E-state index in [0.717, 1.165) is 70.9 Å². The monoisotopic (exact) mass is 408 g/mol. The van der Waals surface area contributed by atoms with Gasteiger partial charge in [-0.2, -0.15) is 0 Å². The summed E-state index contributed by atoms with van der Waals surface area (Å²) in [4.78, 5) is 19.7. The molecule has 0 aromatic heterocycles. The number of amides is 1. The molecule has 0 atom stereocenters. The van der Waals surface area contributed by atoms with Crippen molar-refractivity contribution in [3.05, 3.63) is 54.1 Å². The zero-order chi connectivity index (χ0) is 20.8. The van der Waals surface area contributed by atoms with Crippen LogP contribution in [0, 0.1) is 0 Å². The highest BCUT2D eigenvalue weighted by Crippen LogP contribution is 2.28. The lowest BCUT2D eigenvalue weighted by Gasteiger charge is -2.36. The topological polar surface area (TPSA) is 59.1 Å². The fraction of sp³-hybridized carbons (Fsp3) is 0.458. The van der Waals surface area contributed by atoms with Crippen molar-refractivity contribution in [1.29, 1.82) is 0 Å². The number of hydrogen-bond donors (Lipinski definition) is 2. The van der Waals surface area contributed by atoms with Crippen LogP contribution in [-0.4, -0.2) is 73.2 Å². The first-order chi connectivity index (χ1) is 14.7. The number of benzene rings is 2. The second kappa shape index (κ2) is 9.85. The summed E-state index contributed by atoms with van der Waals surface area (Å²) < 4.78 is 0. The van der Waals surface area contributed by atoms with Crippen LogP contribution in [0.3, 0.4) is 0 Å². The van der Waals surface area contributed by atoms with Crippen molar-refractivity contribution in [3.63, 3.8) is 0 Å². The van der Waals surface area contributed by atoms with Crippen molar-refractivity contribution in [1.82, 2.24) is 9.80 Å². The summed E-state index contributed by atoms with van der Waals surface area (Å²) in [5.41, 5.74) is 2.43. The largest absolute Gasteiger partial charge is 0.507 e. The van der Waals surface area contributed by atoms with Crippen molar-refractivity contribution in [2.75, 3.05) is 62.6 Å². The van der Waals surface area contributed by atoms with Crippen molar-refractivity contribution in [2.24, 2.45) is 0 Å². The highest BCUT2D eigenvalue weighted by molar-refractivity contribution is 6.02. The molecule has 6 nitrogen and oxygen atoms in total. The predicted molar refractivity (Wildman–Crippen MR) is 121 cm³/mol. The molecule has 0 bridgehead atoms. The molecule has 2 N–H and O–H groups in total. The highest BCUT2D eigenvalue weighted by Gasteiger charge is 2.24. The van der Waals surface area contributed by atoms with E-state index in [1.54, 1.807) is 12.1 Å². The normalized spacial score (nSPS) is 17.7. The Balaban J connectivity index is 1.30. The number of piperazine rings is 1. The van der Waals surface area contributed by atoms with Crippen LogP contribution in [-0.2, 0) is 0 Å². The molecule has 2 aromatic rings. The Bertz CT molecular complexity index is 828. The van der Waals surface area contributed by atoms with E-state index in [1.165, 1.54) is 12.1 Å². The van der Waals surface area contributed by atoms with Crippen molar-refractivity contribution in [2.45, 2.75) is 19.3 Å². The number of aromatic hydroxyl groups is 1. The van der Waals surface area contributed by atoms with Crippen LogP contribution in [0.25, 0.3) is 0 Å². The zero-order valence-electron chi connectivity index (χ0n) is 17.6. The van der Waals surface area contributed by atoms with Gasteiger partial charge in [-0.25, -0.2) is 0 Å². The zero-order valence-corrected chi connectivity index (χ0v) is 17.6. The van der Waals surface area contributed by atoms with Crippen LogP contribution in [0.1, 0.15) is 29.6 Å². The van der Waals surface area contributed by atoms with Gasteiger partial charge in [-0.05, 0) is 43.5 Å². The molecular weight excluding hydrogens is 376 g/mol. The number of rotatable bonds is 6. The van der Waals surface area contributed by atoms with Crippen LogP contribution >= 0.6 is 0 Å². The number of likely N-dealkylation sites (tertiary alicyclic amines) is 1. The Morgan fingerprint density at radius 2 is 1.60 bits per heavy atom. The molecule has 0 spiro atoms. The summed E-state index contributed by atoms with van der Waals surface area (Å²) in [6, 6.07) is 15.9. The smallest absolute Gasteiger partial charge is 0.259 e. The Kier molecular flexibility index (Phi) is 6.74. The second-order valence-electron chi connectivity index (χ2n) is 8.14. The average molecular weight is 409 g/mol.